The molecule has 2 aromatic rings. The summed E-state index contributed by atoms with van der Waals surface area (Å²) in [5.74, 6) is 0.231. The summed E-state index contributed by atoms with van der Waals surface area (Å²) < 4.78 is 9.94. The monoisotopic (exact) mass is 342 g/mol. The zero-order valence-corrected chi connectivity index (χ0v) is 14.5. The van der Waals surface area contributed by atoms with E-state index in [1.54, 1.807) is 4.90 Å². The van der Waals surface area contributed by atoms with Crippen molar-refractivity contribution < 1.29 is 18.7 Å². The number of carbonyl (C=O) groups excluding carboxylic acids is 2. The molecule has 0 N–H and O–H groups in total. The molecule has 2 atom stereocenters. The molecule has 3 rings (SSSR count). The molecule has 0 spiro atoms. The molecule has 1 saturated carbocycles. The summed E-state index contributed by atoms with van der Waals surface area (Å²) >= 11 is 0. The second kappa shape index (κ2) is 7.51. The number of aromatic nitrogens is 1. The van der Waals surface area contributed by atoms with Crippen LogP contribution in [0.5, 0.6) is 0 Å². The highest BCUT2D eigenvalue weighted by molar-refractivity contribution is 5.86. The van der Waals surface area contributed by atoms with Crippen LogP contribution in [0.3, 0.4) is 0 Å². The largest absolute Gasteiger partial charge is 0.464 e. The van der Waals surface area contributed by atoms with Crippen molar-refractivity contribution >= 4 is 11.9 Å². The van der Waals surface area contributed by atoms with Gasteiger partial charge in [0.25, 0.3) is 0 Å². The van der Waals surface area contributed by atoms with E-state index in [9.17, 15) is 9.59 Å². The van der Waals surface area contributed by atoms with Gasteiger partial charge >= 0.3 is 5.97 Å². The second-order valence-corrected chi connectivity index (χ2v) is 6.24. The minimum atomic E-state index is -0.547. The quantitative estimate of drug-likeness (QED) is 0.723. The van der Waals surface area contributed by atoms with E-state index in [1.807, 2.05) is 25.1 Å². The van der Waals surface area contributed by atoms with Crippen molar-refractivity contribution in [3.63, 3.8) is 0 Å². The third-order valence-electron chi connectivity index (χ3n) is 4.41. The smallest absolute Gasteiger partial charge is 0.360 e. The van der Waals surface area contributed by atoms with Crippen LogP contribution in [-0.2, 0) is 16.1 Å². The molecule has 25 heavy (non-hydrogen) atoms. The Kier molecular flexibility index (Phi) is 5.16. The van der Waals surface area contributed by atoms with Gasteiger partial charge in [0.2, 0.25) is 11.8 Å². The lowest BCUT2D eigenvalue weighted by Crippen LogP contribution is -2.33. The normalized spacial score (nSPS) is 18.6. The zero-order valence-electron chi connectivity index (χ0n) is 14.5. The first-order valence-corrected chi connectivity index (χ1v) is 8.50. The number of hydrogen-bond acceptors (Lipinski definition) is 5. The third-order valence-corrected chi connectivity index (χ3v) is 4.41. The van der Waals surface area contributed by atoms with Crippen molar-refractivity contribution in [2.45, 2.75) is 32.2 Å². The summed E-state index contributed by atoms with van der Waals surface area (Å²) in [7, 11) is 1.29. The summed E-state index contributed by atoms with van der Waals surface area (Å²) in [4.78, 5) is 30.2. The lowest BCUT2D eigenvalue weighted by atomic mass is 10.1. The fourth-order valence-electron chi connectivity index (χ4n) is 3.05. The lowest BCUT2D eigenvalue weighted by Gasteiger charge is -2.20. The Bertz CT molecular complexity index is 741. The Morgan fingerprint density at radius 2 is 2.08 bits per heavy atom. The fraction of sp³-hybridized carbons (Fsp3) is 0.421. The molecule has 0 aliphatic heterocycles. The molecule has 132 valence electrons. The van der Waals surface area contributed by atoms with Crippen molar-refractivity contribution in [3.05, 3.63) is 53.7 Å². The van der Waals surface area contributed by atoms with Crippen molar-refractivity contribution in [1.29, 1.82) is 0 Å². The number of methoxy groups -OCH3 is 1. The zero-order chi connectivity index (χ0) is 17.8. The van der Waals surface area contributed by atoms with Crippen LogP contribution >= 0.6 is 0 Å². The van der Waals surface area contributed by atoms with E-state index < -0.39 is 5.97 Å². The minimum absolute atomic E-state index is 0.0176. The van der Waals surface area contributed by atoms with Gasteiger partial charge in [0.05, 0.1) is 13.7 Å². The molecule has 6 nitrogen and oxygen atoms in total. The van der Waals surface area contributed by atoms with E-state index in [4.69, 9.17) is 4.42 Å². The summed E-state index contributed by atoms with van der Waals surface area (Å²) in [6.07, 6.45) is 2.99. The SMILES string of the molecule is CCCN(Cc1nc(C(=O)OC)co1)C(=O)C1CC1c1ccccc1. The van der Waals surface area contributed by atoms with Gasteiger partial charge in [0.1, 0.15) is 6.26 Å². The molecule has 1 amide bonds. The molecule has 0 bridgehead atoms. The van der Waals surface area contributed by atoms with Gasteiger partial charge in [-0.3, -0.25) is 4.79 Å². The van der Waals surface area contributed by atoms with E-state index in [2.05, 4.69) is 21.9 Å². The van der Waals surface area contributed by atoms with Crippen molar-refractivity contribution in [1.82, 2.24) is 9.88 Å². The van der Waals surface area contributed by atoms with Crippen LogP contribution in [0.4, 0.5) is 0 Å². The number of amides is 1. The number of rotatable bonds is 7. The van der Waals surface area contributed by atoms with E-state index in [1.165, 1.54) is 18.9 Å². The van der Waals surface area contributed by atoms with Gasteiger partial charge in [0, 0.05) is 12.5 Å². The first-order valence-electron chi connectivity index (χ1n) is 8.50. The molecular weight excluding hydrogens is 320 g/mol. The Balaban J connectivity index is 1.66. The van der Waals surface area contributed by atoms with E-state index in [-0.39, 0.29) is 24.1 Å². The first-order chi connectivity index (χ1) is 12.1. The van der Waals surface area contributed by atoms with Crippen molar-refractivity contribution in [3.8, 4) is 0 Å². The highest BCUT2D eigenvalue weighted by atomic mass is 16.5. The van der Waals surface area contributed by atoms with Crippen LogP contribution < -0.4 is 0 Å². The number of ether oxygens (including phenoxy) is 1. The van der Waals surface area contributed by atoms with Crippen LogP contribution in [0.2, 0.25) is 0 Å². The first kappa shape index (κ1) is 17.2. The molecule has 1 fully saturated rings. The van der Waals surface area contributed by atoms with Crippen molar-refractivity contribution in [2.75, 3.05) is 13.7 Å². The van der Waals surface area contributed by atoms with Crippen LogP contribution in [-0.4, -0.2) is 35.4 Å². The van der Waals surface area contributed by atoms with Gasteiger partial charge in [-0.05, 0) is 24.3 Å². The summed E-state index contributed by atoms with van der Waals surface area (Å²) in [6, 6.07) is 10.1. The predicted molar refractivity (Wildman–Crippen MR) is 90.8 cm³/mol. The number of oxazole rings is 1. The Labute approximate surface area is 146 Å². The Hall–Kier alpha value is -2.63. The molecule has 1 aromatic heterocycles. The van der Waals surface area contributed by atoms with E-state index in [0.717, 1.165) is 12.8 Å². The van der Waals surface area contributed by atoms with Gasteiger partial charge in [0.15, 0.2) is 5.69 Å². The van der Waals surface area contributed by atoms with Gasteiger partial charge in [-0.1, -0.05) is 37.3 Å². The average Bonchev–Trinajstić information content (AvgIpc) is 3.32. The lowest BCUT2D eigenvalue weighted by molar-refractivity contribution is -0.133. The number of benzene rings is 1. The molecule has 1 aromatic carbocycles. The molecule has 1 aliphatic rings. The number of hydrogen-bond donors (Lipinski definition) is 0. The Morgan fingerprint density at radius 1 is 1.32 bits per heavy atom. The predicted octanol–water partition coefficient (Wildman–Crippen LogP) is 3.00. The van der Waals surface area contributed by atoms with Crippen LogP contribution in [0.25, 0.3) is 0 Å². The number of carbonyl (C=O) groups is 2. The topological polar surface area (TPSA) is 72.6 Å². The fourth-order valence-corrected chi connectivity index (χ4v) is 3.05. The van der Waals surface area contributed by atoms with Crippen LogP contribution in [0.15, 0.2) is 41.0 Å². The summed E-state index contributed by atoms with van der Waals surface area (Å²) in [6.45, 7) is 2.92. The van der Waals surface area contributed by atoms with Gasteiger partial charge in [-0.25, -0.2) is 9.78 Å². The highest BCUT2D eigenvalue weighted by Crippen LogP contribution is 2.48. The number of esters is 1. The molecular formula is C19H22N2O4. The average molecular weight is 342 g/mol. The molecule has 1 heterocycles. The number of nitrogens with zero attached hydrogens (tertiary/aromatic N) is 2. The van der Waals surface area contributed by atoms with Gasteiger partial charge in [-0.2, -0.15) is 0 Å². The van der Waals surface area contributed by atoms with Crippen LogP contribution in [0, 0.1) is 5.92 Å². The molecule has 0 saturated heterocycles. The third kappa shape index (κ3) is 3.90. The van der Waals surface area contributed by atoms with E-state index in [0.29, 0.717) is 18.4 Å². The maximum absolute atomic E-state index is 12.8. The molecule has 2 unspecified atom stereocenters. The Morgan fingerprint density at radius 3 is 2.76 bits per heavy atom. The summed E-state index contributed by atoms with van der Waals surface area (Å²) in [5, 5.41) is 0. The van der Waals surface area contributed by atoms with E-state index >= 15 is 0 Å². The molecule has 1 aliphatic carbocycles. The van der Waals surface area contributed by atoms with Crippen molar-refractivity contribution in [2.24, 2.45) is 5.92 Å². The second-order valence-electron chi connectivity index (χ2n) is 6.24. The maximum Gasteiger partial charge on any atom is 0.360 e. The van der Waals surface area contributed by atoms with Gasteiger partial charge < -0.3 is 14.1 Å². The van der Waals surface area contributed by atoms with Crippen LogP contribution in [0.1, 0.15) is 47.6 Å². The highest BCUT2D eigenvalue weighted by Gasteiger charge is 2.45. The maximum atomic E-state index is 12.8. The molecule has 0 radical (unpaired) electrons. The molecule has 6 heteroatoms. The summed E-state index contributed by atoms with van der Waals surface area (Å²) in [5.41, 5.74) is 1.33. The standard InChI is InChI=1S/C19H22N2O4/c1-3-9-21(11-17-20-16(12-25-17)19(23)24-2)18(22)15-10-14(15)13-7-5-4-6-8-13/h4-8,12,14-15H,3,9-11H2,1-2H3. The van der Waals surface area contributed by atoms with Gasteiger partial charge in [-0.15, -0.1) is 0 Å². The minimum Gasteiger partial charge on any atom is -0.464 e.